The molecule has 1 heterocycles. The zero-order valence-corrected chi connectivity index (χ0v) is 14.8. The van der Waals surface area contributed by atoms with Crippen LogP contribution < -0.4 is 5.32 Å². The van der Waals surface area contributed by atoms with Crippen LogP contribution >= 0.6 is 0 Å². The van der Waals surface area contributed by atoms with E-state index in [1.807, 2.05) is 20.8 Å². The molecule has 0 atom stereocenters. The smallest absolute Gasteiger partial charge is 0.410 e. The van der Waals surface area contributed by atoms with Crippen molar-refractivity contribution in [2.24, 2.45) is 5.41 Å². The van der Waals surface area contributed by atoms with Gasteiger partial charge in [0.25, 0.3) is 0 Å². The molecule has 0 aromatic carbocycles. The number of amides is 1. The van der Waals surface area contributed by atoms with E-state index in [9.17, 15) is 14.7 Å². The molecule has 2 aliphatic rings. The standard InChI is InChI=1S/C17H30N2O4/c1-15(2,3)23-14(22)19-11-17(12-19,9-13(20)21)18-10-16(4)7-5-6-8-16/h18H,5-12H2,1-4H3,(H,20,21). The molecule has 0 aromatic heterocycles. The van der Waals surface area contributed by atoms with E-state index in [0.29, 0.717) is 13.1 Å². The summed E-state index contributed by atoms with van der Waals surface area (Å²) in [6.07, 6.45) is 4.51. The Bertz CT molecular complexity index is 458. The van der Waals surface area contributed by atoms with Gasteiger partial charge >= 0.3 is 12.1 Å². The van der Waals surface area contributed by atoms with E-state index in [4.69, 9.17) is 4.74 Å². The average Bonchev–Trinajstić information content (AvgIpc) is 2.76. The summed E-state index contributed by atoms with van der Waals surface area (Å²) in [5.74, 6) is -0.835. The Morgan fingerprint density at radius 3 is 2.26 bits per heavy atom. The number of aliphatic carboxylic acids is 1. The van der Waals surface area contributed by atoms with Crippen LogP contribution in [0.2, 0.25) is 0 Å². The van der Waals surface area contributed by atoms with Crippen LogP contribution in [0.15, 0.2) is 0 Å². The van der Waals surface area contributed by atoms with Gasteiger partial charge in [0, 0.05) is 19.6 Å². The number of hydrogen-bond donors (Lipinski definition) is 2. The Balaban J connectivity index is 1.92. The second kappa shape index (κ2) is 6.30. The third-order valence-electron chi connectivity index (χ3n) is 4.83. The Kier molecular flexibility index (Phi) is 4.95. The first kappa shape index (κ1) is 18.0. The van der Waals surface area contributed by atoms with E-state index in [-0.39, 0.29) is 17.9 Å². The number of carbonyl (C=O) groups excluding carboxylic acids is 1. The molecule has 132 valence electrons. The van der Waals surface area contributed by atoms with Gasteiger partial charge in [0.1, 0.15) is 5.60 Å². The number of hydrogen-bond acceptors (Lipinski definition) is 4. The van der Waals surface area contributed by atoms with Gasteiger partial charge in [0.15, 0.2) is 0 Å². The highest BCUT2D eigenvalue weighted by atomic mass is 16.6. The monoisotopic (exact) mass is 326 g/mol. The summed E-state index contributed by atoms with van der Waals surface area (Å²) < 4.78 is 5.35. The number of likely N-dealkylation sites (tertiary alicyclic amines) is 1. The van der Waals surface area contributed by atoms with Crippen LogP contribution in [-0.2, 0) is 9.53 Å². The molecule has 0 unspecified atom stereocenters. The summed E-state index contributed by atoms with van der Waals surface area (Å²) in [7, 11) is 0. The highest BCUT2D eigenvalue weighted by Gasteiger charge is 2.48. The highest BCUT2D eigenvalue weighted by molar-refractivity contribution is 5.73. The average molecular weight is 326 g/mol. The number of nitrogens with one attached hydrogen (secondary N) is 1. The number of nitrogens with zero attached hydrogens (tertiary/aromatic N) is 1. The molecule has 1 aliphatic carbocycles. The third kappa shape index (κ3) is 4.83. The first-order valence-corrected chi connectivity index (χ1v) is 8.47. The molecular formula is C17H30N2O4. The zero-order valence-electron chi connectivity index (χ0n) is 14.8. The van der Waals surface area contributed by atoms with Crippen LogP contribution in [0, 0.1) is 5.41 Å². The van der Waals surface area contributed by atoms with Gasteiger partial charge in [0.2, 0.25) is 0 Å². The predicted molar refractivity (Wildman–Crippen MR) is 87.4 cm³/mol. The van der Waals surface area contributed by atoms with Gasteiger partial charge in [-0.1, -0.05) is 19.8 Å². The maximum absolute atomic E-state index is 12.1. The molecule has 0 radical (unpaired) electrons. The van der Waals surface area contributed by atoms with Crippen LogP contribution in [0.5, 0.6) is 0 Å². The fourth-order valence-electron chi connectivity index (χ4n) is 3.52. The van der Waals surface area contributed by atoms with E-state index >= 15 is 0 Å². The van der Waals surface area contributed by atoms with Crippen LogP contribution in [0.1, 0.15) is 59.8 Å². The van der Waals surface area contributed by atoms with E-state index in [0.717, 1.165) is 6.54 Å². The maximum atomic E-state index is 12.1. The minimum absolute atomic E-state index is 0.0301. The van der Waals surface area contributed by atoms with Crippen molar-refractivity contribution in [3.8, 4) is 0 Å². The van der Waals surface area contributed by atoms with Gasteiger partial charge < -0.3 is 20.1 Å². The lowest BCUT2D eigenvalue weighted by Crippen LogP contribution is -2.72. The first-order chi connectivity index (χ1) is 10.5. The number of ether oxygens (including phenoxy) is 1. The Morgan fingerprint density at radius 1 is 1.22 bits per heavy atom. The van der Waals surface area contributed by atoms with Crippen LogP contribution in [0.4, 0.5) is 4.79 Å². The lowest BCUT2D eigenvalue weighted by Gasteiger charge is -2.50. The van der Waals surface area contributed by atoms with Crippen molar-refractivity contribution >= 4 is 12.1 Å². The van der Waals surface area contributed by atoms with Gasteiger partial charge in [-0.3, -0.25) is 4.79 Å². The quantitative estimate of drug-likeness (QED) is 0.812. The van der Waals surface area contributed by atoms with Crippen LogP contribution in [0.3, 0.4) is 0 Å². The summed E-state index contributed by atoms with van der Waals surface area (Å²) in [6, 6.07) is 0. The van der Waals surface area contributed by atoms with Crippen LogP contribution in [0.25, 0.3) is 0 Å². The van der Waals surface area contributed by atoms with Gasteiger partial charge in [-0.2, -0.15) is 0 Å². The first-order valence-electron chi connectivity index (χ1n) is 8.47. The minimum Gasteiger partial charge on any atom is -0.481 e. The molecule has 0 bridgehead atoms. The van der Waals surface area contributed by atoms with Gasteiger partial charge in [0.05, 0.1) is 12.0 Å². The van der Waals surface area contributed by atoms with E-state index in [2.05, 4.69) is 12.2 Å². The highest BCUT2D eigenvalue weighted by Crippen LogP contribution is 2.38. The van der Waals surface area contributed by atoms with Gasteiger partial charge in [-0.15, -0.1) is 0 Å². The van der Waals surface area contributed by atoms with Gasteiger partial charge in [-0.05, 0) is 39.0 Å². The summed E-state index contributed by atoms with van der Waals surface area (Å²) >= 11 is 0. The molecule has 1 aliphatic heterocycles. The topological polar surface area (TPSA) is 78.9 Å². The lowest BCUT2D eigenvalue weighted by atomic mass is 9.83. The number of carboxylic acid groups (broad SMARTS) is 1. The van der Waals surface area contributed by atoms with E-state index in [1.165, 1.54) is 25.7 Å². The predicted octanol–water partition coefficient (Wildman–Crippen LogP) is 2.62. The molecule has 0 spiro atoms. The molecule has 0 aromatic rings. The molecular weight excluding hydrogens is 296 g/mol. The van der Waals surface area contributed by atoms with Crippen molar-refractivity contribution in [2.45, 2.75) is 70.9 Å². The van der Waals surface area contributed by atoms with E-state index < -0.39 is 17.1 Å². The number of carbonyl (C=O) groups is 2. The normalized spacial score (nSPS) is 22.5. The molecule has 1 saturated carbocycles. The van der Waals surface area contributed by atoms with E-state index in [1.54, 1.807) is 4.90 Å². The maximum Gasteiger partial charge on any atom is 0.410 e. The fraction of sp³-hybridized carbons (Fsp3) is 0.882. The van der Waals surface area contributed by atoms with Crippen molar-refractivity contribution in [1.29, 1.82) is 0 Å². The van der Waals surface area contributed by atoms with Gasteiger partial charge in [-0.25, -0.2) is 4.79 Å². The summed E-state index contributed by atoms with van der Waals surface area (Å²) in [6.45, 7) is 9.33. The second-order valence-corrected chi connectivity index (χ2v) is 8.56. The lowest BCUT2D eigenvalue weighted by molar-refractivity contribution is -0.141. The third-order valence-corrected chi connectivity index (χ3v) is 4.83. The van der Waals surface area contributed by atoms with Crippen molar-refractivity contribution in [3.05, 3.63) is 0 Å². The summed E-state index contributed by atoms with van der Waals surface area (Å²) in [5, 5.41) is 12.7. The molecule has 23 heavy (non-hydrogen) atoms. The molecule has 1 saturated heterocycles. The second-order valence-electron chi connectivity index (χ2n) is 8.56. The zero-order chi connectivity index (χ0) is 17.3. The van der Waals surface area contributed by atoms with Crippen molar-refractivity contribution < 1.29 is 19.4 Å². The van der Waals surface area contributed by atoms with Crippen molar-refractivity contribution in [2.75, 3.05) is 19.6 Å². The molecule has 6 heteroatoms. The summed E-state index contributed by atoms with van der Waals surface area (Å²) in [4.78, 5) is 24.9. The SMILES string of the molecule is CC1(CNC2(CC(=O)O)CN(C(=O)OC(C)(C)C)C2)CCCC1. The Hall–Kier alpha value is -1.30. The molecule has 1 amide bonds. The molecule has 2 fully saturated rings. The number of rotatable bonds is 5. The summed E-state index contributed by atoms with van der Waals surface area (Å²) in [5.41, 5.74) is -0.806. The Morgan fingerprint density at radius 2 is 1.78 bits per heavy atom. The van der Waals surface area contributed by atoms with Crippen molar-refractivity contribution in [3.63, 3.8) is 0 Å². The molecule has 2 rings (SSSR count). The fourth-order valence-corrected chi connectivity index (χ4v) is 3.52. The van der Waals surface area contributed by atoms with Crippen molar-refractivity contribution in [1.82, 2.24) is 10.2 Å². The Labute approximate surface area is 138 Å². The molecule has 2 N–H and O–H groups in total. The van der Waals surface area contributed by atoms with Crippen LogP contribution in [-0.4, -0.2) is 52.8 Å². The number of carboxylic acids is 1. The molecule has 6 nitrogen and oxygen atoms in total. The minimum atomic E-state index is -0.835. The largest absolute Gasteiger partial charge is 0.481 e.